The fraction of sp³-hybridized carbons (Fsp3) is 0.700. The van der Waals surface area contributed by atoms with Gasteiger partial charge < -0.3 is 5.11 Å². The second kappa shape index (κ2) is 5.16. The molecule has 1 heterocycles. The molecule has 0 spiro atoms. The van der Waals surface area contributed by atoms with Crippen molar-refractivity contribution in [1.29, 1.82) is 0 Å². The minimum Gasteiger partial charge on any atom is -0.391 e. The third-order valence-corrected chi connectivity index (χ3v) is 4.47. The van der Waals surface area contributed by atoms with Crippen molar-refractivity contribution in [2.45, 2.75) is 49.3 Å². The number of aliphatic hydroxyl groups excluding tert-OH is 1. The van der Waals surface area contributed by atoms with Gasteiger partial charge >= 0.3 is 0 Å². The topological polar surface area (TPSA) is 95.1 Å². The molecule has 1 aromatic heterocycles. The lowest BCUT2D eigenvalue weighted by molar-refractivity contribution is 0.130. The summed E-state index contributed by atoms with van der Waals surface area (Å²) in [5.74, 6) is 0. The van der Waals surface area contributed by atoms with Crippen molar-refractivity contribution >= 4 is 10.0 Å². The summed E-state index contributed by atoms with van der Waals surface area (Å²) in [6.45, 7) is 0. The van der Waals surface area contributed by atoms with E-state index in [9.17, 15) is 13.5 Å². The van der Waals surface area contributed by atoms with E-state index >= 15 is 0 Å². The summed E-state index contributed by atoms with van der Waals surface area (Å²) in [5, 5.41) is 15.9. The molecule has 3 N–H and O–H groups in total. The normalized spacial score (nSPS) is 26.6. The van der Waals surface area contributed by atoms with Crippen LogP contribution in [-0.4, -0.2) is 35.9 Å². The summed E-state index contributed by atoms with van der Waals surface area (Å²) < 4.78 is 26.4. The molecule has 0 saturated heterocycles. The highest BCUT2D eigenvalue weighted by Gasteiger charge is 2.27. The van der Waals surface area contributed by atoms with Crippen LogP contribution in [0, 0.1) is 0 Å². The van der Waals surface area contributed by atoms with Crippen LogP contribution in [0.25, 0.3) is 0 Å². The van der Waals surface area contributed by atoms with Crippen molar-refractivity contribution in [1.82, 2.24) is 14.9 Å². The molecule has 1 aliphatic carbocycles. The van der Waals surface area contributed by atoms with Crippen LogP contribution in [0.1, 0.15) is 32.1 Å². The average Bonchev–Trinajstić information content (AvgIpc) is 2.74. The zero-order valence-corrected chi connectivity index (χ0v) is 10.3. The third-order valence-electron chi connectivity index (χ3n) is 3.05. The first-order valence-electron chi connectivity index (χ1n) is 5.79. The van der Waals surface area contributed by atoms with Crippen LogP contribution in [0.4, 0.5) is 0 Å². The third kappa shape index (κ3) is 3.05. The van der Waals surface area contributed by atoms with E-state index in [2.05, 4.69) is 14.9 Å². The predicted molar refractivity (Wildman–Crippen MR) is 61.8 cm³/mol. The molecule has 17 heavy (non-hydrogen) atoms. The first kappa shape index (κ1) is 12.5. The van der Waals surface area contributed by atoms with Crippen LogP contribution in [0.15, 0.2) is 17.3 Å². The molecule has 0 aromatic carbocycles. The van der Waals surface area contributed by atoms with E-state index in [4.69, 9.17) is 0 Å². The Kier molecular flexibility index (Phi) is 3.80. The number of aliphatic hydroxyl groups is 1. The molecule has 0 radical (unpaired) electrons. The Labute approximate surface area is 100 Å². The highest BCUT2D eigenvalue weighted by atomic mass is 32.2. The number of sulfonamides is 1. The number of hydrogen-bond acceptors (Lipinski definition) is 4. The van der Waals surface area contributed by atoms with Gasteiger partial charge in [0.1, 0.15) is 0 Å². The van der Waals surface area contributed by atoms with Gasteiger partial charge in [-0.15, -0.1) is 0 Å². The molecule has 1 saturated carbocycles. The van der Waals surface area contributed by atoms with Gasteiger partial charge in [-0.3, -0.25) is 5.10 Å². The molecule has 2 unspecified atom stereocenters. The van der Waals surface area contributed by atoms with E-state index in [1.807, 2.05) is 0 Å². The summed E-state index contributed by atoms with van der Waals surface area (Å²) in [4.78, 5) is 0. The van der Waals surface area contributed by atoms with E-state index in [1.165, 1.54) is 12.3 Å². The van der Waals surface area contributed by atoms with Crippen molar-refractivity contribution in [3.63, 3.8) is 0 Å². The van der Waals surface area contributed by atoms with Gasteiger partial charge in [0.05, 0.1) is 12.3 Å². The largest absolute Gasteiger partial charge is 0.391 e. The van der Waals surface area contributed by atoms with Crippen molar-refractivity contribution in [2.24, 2.45) is 0 Å². The van der Waals surface area contributed by atoms with Gasteiger partial charge in [0.2, 0.25) is 0 Å². The highest BCUT2D eigenvalue weighted by molar-refractivity contribution is 7.89. The molecule has 1 aliphatic rings. The van der Waals surface area contributed by atoms with Gasteiger partial charge in [0, 0.05) is 6.04 Å². The summed E-state index contributed by atoms with van der Waals surface area (Å²) in [7, 11) is -3.59. The van der Waals surface area contributed by atoms with E-state index < -0.39 is 22.2 Å². The Morgan fingerprint density at radius 3 is 2.82 bits per heavy atom. The molecule has 6 nitrogen and oxygen atoms in total. The van der Waals surface area contributed by atoms with Crippen LogP contribution >= 0.6 is 0 Å². The Morgan fingerprint density at radius 1 is 1.35 bits per heavy atom. The number of nitrogens with one attached hydrogen (secondary N) is 2. The zero-order valence-electron chi connectivity index (χ0n) is 9.46. The van der Waals surface area contributed by atoms with E-state index in [1.54, 1.807) is 0 Å². The predicted octanol–water partition coefficient (Wildman–Crippen LogP) is 0.382. The molecule has 0 amide bonds. The van der Waals surface area contributed by atoms with Crippen molar-refractivity contribution in [3.05, 3.63) is 12.3 Å². The van der Waals surface area contributed by atoms with Crippen molar-refractivity contribution < 1.29 is 13.5 Å². The van der Waals surface area contributed by atoms with E-state index in [-0.39, 0.29) is 5.03 Å². The maximum absolute atomic E-state index is 11.9. The molecule has 2 rings (SSSR count). The fourth-order valence-corrected chi connectivity index (χ4v) is 3.29. The second-order valence-electron chi connectivity index (χ2n) is 4.35. The summed E-state index contributed by atoms with van der Waals surface area (Å²) in [6.07, 6.45) is 5.04. The van der Waals surface area contributed by atoms with E-state index in [0.717, 1.165) is 19.3 Å². The fourth-order valence-electron chi connectivity index (χ4n) is 2.08. The summed E-state index contributed by atoms with van der Waals surface area (Å²) >= 11 is 0. The number of hydrogen-bond donors (Lipinski definition) is 3. The quantitative estimate of drug-likeness (QED) is 0.684. The molecule has 0 aliphatic heterocycles. The minimum absolute atomic E-state index is 0.0361. The molecule has 7 heteroatoms. The Balaban J connectivity index is 2.09. The molecule has 96 valence electrons. The number of nitrogens with zero attached hydrogens (tertiary/aromatic N) is 1. The van der Waals surface area contributed by atoms with Gasteiger partial charge in [-0.1, -0.05) is 19.3 Å². The lowest BCUT2D eigenvalue weighted by atomic mass is 10.1. The van der Waals surface area contributed by atoms with Crippen LogP contribution < -0.4 is 4.72 Å². The molecule has 1 fully saturated rings. The van der Waals surface area contributed by atoms with Crippen molar-refractivity contribution in [3.8, 4) is 0 Å². The van der Waals surface area contributed by atoms with Crippen LogP contribution in [0.5, 0.6) is 0 Å². The van der Waals surface area contributed by atoms with Gasteiger partial charge in [0.25, 0.3) is 10.0 Å². The van der Waals surface area contributed by atoms with Crippen LogP contribution in [0.2, 0.25) is 0 Å². The first-order chi connectivity index (χ1) is 8.09. The molecule has 0 bridgehead atoms. The summed E-state index contributed by atoms with van der Waals surface area (Å²) in [6, 6.07) is 0.997. The smallest absolute Gasteiger partial charge is 0.257 e. The maximum Gasteiger partial charge on any atom is 0.257 e. The van der Waals surface area contributed by atoms with Gasteiger partial charge in [-0.05, 0) is 18.9 Å². The van der Waals surface area contributed by atoms with Crippen LogP contribution in [-0.2, 0) is 10.0 Å². The highest BCUT2D eigenvalue weighted by Crippen LogP contribution is 2.19. The average molecular weight is 259 g/mol. The Morgan fingerprint density at radius 2 is 2.12 bits per heavy atom. The lowest BCUT2D eigenvalue weighted by Crippen LogP contribution is -2.42. The number of rotatable bonds is 3. The van der Waals surface area contributed by atoms with Crippen LogP contribution in [0.3, 0.4) is 0 Å². The molecular weight excluding hydrogens is 242 g/mol. The van der Waals surface area contributed by atoms with Gasteiger partial charge in [-0.2, -0.15) is 5.10 Å². The Bertz CT molecular complexity index is 443. The number of H-pyrrole nitrogens is 1. The maximum atomic E-state index is 11.9. The standard InChI is InChI=1S/C10H17N3O3S/c14-9-5-3-1-2-4-8(9)13-17(15,16)10-6-7-11-12-10/h6-9,13-14H,1-5H2,(H,11,12). The number of aromatic nitrogens is 2. The second-order valence-corrected chi connectivity index (χ2v) is 6.04. The Hall–Kier alpha value is -0.920. The molecule has 1 aromatic rings. The minimum atomic E-state index is -3.59. The van der Waals surface area contributed by atoms with E-state index in [0.29, 0.717) is 12.8 Å². The molecule has 2 atom stereocenters. The van der Waals surface area contributed by atoms with Gasteiger partial charge in [-0.25, -0.2) is 13.1 Å². The van der Waals surface area contributed by atoms with Gasteiger partial charge in [0.15, 0.2) is 5.03 Å². The zero-order chi connectivity index (χ0) is 12.3. The van der Waals surface area contributed by atoms with Crippen molar-refractivity contribution in [2.75, 3.05) is 0 Å². The first-order valence-corrected chi connectivity index (χ1v) is 7.28. The summed E-state index contributed by atoms with van der Waals surface area (Å²) in [5.41, 5.74) is 0. The number of aromatic amines is 1. The molecular formula is C10H17N3O3S. The SMILES string of the molecule is O=S(=O)(NC1CCCCCC1O)c1ccn[nH]1. The lowest BCUT2D eigenvalue weighted by Gasteiger charge is -2.20. The monoisotopic (exact) mass is 259 g/mol.